The van der Waals surface area contributed by atoms with Crippen LogP contribution in [-0.2, 0) is 0 Å². The molecule has 0 bridgehead atoms. The minimum Gasteiger partial charge on any atom is -0.387 e. The molecule has 0 spiro atoms. The summed E-state index contributed by atoms with van der Waals surface area (Å²) in [5.41, 5.74) is 0.706. The van der Waals surface area contributed by atoms with Gasteiger partial charge in [-0.1, -0.05) is 13.8 Å². The van der Waals surface area contributed by atoms with E-state index < -0.39 is 6.10 Å². The van der Waals surface area contributed by atoms with Crippen molar-refractivity contribution in [2.75, 3.05) is 0 Å². The quantitative estimate of drug-likeness (QED) is 0.723. The van der Waals surface area contributed by atoms with Gasteiger partial charge in [-0.15, -0.1) is 0 Å². The van der Waals surface area contributed by atoms with Crippen molar-refractivity contribution in [3.63, 3.8) is 0 Å². The fourth-order valence-corrected chi connectivity index (χ4v) is 0.981. The summed E-state index contributed by atoms with van der Waals surface area (Å²) in [6, 6.07) is 1.75. The first-order valence-electron chi connectivity index (χ1n) is 4.09. The Kier molecular flexibility index (Phi) is 2.76. The molecule has 3 heteroatoms. The second kappa shape index (κ2) is 3.63. The van der Waals surface area contributed by atoms with Gasteiger partial charge in [0.25, 0.3) is 0 Å². The third-order valence-electron chi connectivity index (χ3n) is 1.73. The number of aliphatic hydroxyl groups is 1. The first-order chi connectivity index (χ1) is 5.61. The highest BCUT2D eigenvalue weighted by molar-refractivity contribution is 5.05. The molecule has 1 N–H and O–H groups in total. The van der Waals surface area contributed by atoms with Crippen molar-refractivity contribution in [2.45, 2.75) is 26.9 Å². The van der Waals surface area contributed by atoms with Crippen LogP contribution < -0.4 is 0 Å². The molecule has 12 heavy (non-hydrogen) atoms. The number of aliphatic hydroxyl groups excluding tert-OH is 1. The Bertz CT molecular complexity index is 260. The minimum atomic E-state index is -0.480. The minimum absolute atomic E-state index is 0.194. The van der Waals surface area contributed by atoms with Gasteiger partial charge >= 0.3 is 0 Å². The molecule has 1 heterocycles. The molecule has 1 atom stereocenters. The first-order valence-corrected chi connectivity index (χ1v) is 4.09. The molecule has 0 fully saturated rings. The zero-order chi connectivity index (χ0) is 9.14. The monoisotopic (exact) mass is 166 g/mol. The predicted octanol–water partition coefficient (Wildman–Crippen LogP) is 1.47. The van der Waals surface area contributed by atoms with Gasteiger partial charge in [0.05, 0.1) is 11.8 Å². The van der Waals surface area contributed by atoms with Gasteiger partial charge in [-0.2, -0.15) is 0 Å². The molecular formula is C9H14N2O. The van der Waals surface area contributed by atoms with Gasteiger partial charge in [-0.05, 0) is 18.9 Å². The SMILES string of the molecule is Cc1nccc(C(O)C(C)C)n1. The number of rotatable bonds is 2. The highest BCUT2D eigenvalue weighted by Gasteiger charge is 2.12. The molecule has 1 rings (SSSR count). The summed E-state index contributed by atoms with van der Waals surface area (Å²) in [5, 5.41) is 9.63. The topological polar surface area (TPSA) is 46.0 Å². The van der Waals surface area contributed by atoms with E-state index in [2.05, 4.69) is 9.97 Å². The van der Waals surface area contributed by atoms with Crippen LogP contribution in [0.15, 0.2) is 12.3 Å². The zero-order valence-corrected chi connectivity index (χ0v) is 7.65. The van der Waals surface area contributed by atoms with E-state index in [-0.39, 0.29) is 5.92 Å². The molecule has 0 aliphatic rings. The van der Waals surface area contributed by atoms with E-state index in [1.165, 1.54) is 0 Å². The van der Waals surface area contributed by atoms with Crippen molar-refractivity contribution in [1.82, 2.24) is 9.97 Å². The Morgan fingerprint density at radius 1 is 1.42 bits per heavy atom. The lowest BCUT2D eigenvalue weighted by Gasteiger charge is -2.13. The van der Waals surface area contributed by atoms with Crippen molar-refractivity contribution in [3.05, 3.63) is 23.8 Å². The molecule has 0 radical (unpaired) electrons. The Hall–Kier alpha value is -0.960. The standard InChI is InChI=1S/C9H14N2O/c1-6(2)9(12)8-4-5-10-7(3)11-8/h4-6,9,12H,1-3H3. The largest absolute Gasteiger partial charge is 0.387 e. The van der Waals surface area contributed by atoms with Gasteiger partial charge < -0.3 is 5.11 Å². The van der Waals surface area contributed by atoms with Crippen molar-refractivity contribution in [1.29, 1.82) is 0 Å². The third kappa shape index (κ3) is 2.01. The van der Waals surface area contributed by atoms with Crippen molar-refractivity contribution in [2.24, 2.45) is 5.92 Å². The maximum absolute atomic E-state index is 9.63. The predicted molar refractivity (Wildman–Crippen MR) is 46.6 cm³/mol. The number of hydrogen-bond donors (Lipinski definition) is 1. The highest BCUT2D eigenvalue weighted by atomic mass is 16.3. The van der Waals surface area contributed by atoms with E-state index >= 15 is 0 Å². The fourth-order valence-electron chi connectivity index (χ4n) is 0.981. The summed E-state index contributed by atoms with van der Waals surface area (Å²) in [6.07, 6.45) is 1.19. The van der Waals surface area contributed by atoms with E-state index in [1.807, 2.05) is 20.8 Å². The molecule has 1 aromatic heterocycles. The lowest BCUT2D eigenvalue weighted by atomic mass is 10.0. The number of hydrogen-bond acceptors (Lipinski definition) is 3. The smallest absolute Gasteiger partial charge is 0.125 e. The molecular weight excluding hydrogens is 152 g/mol. The van der Waals surface area contributed by atoms with Crippen LogP contribution in [0.5, 0.6) is 0 Å². The summed E-state index contributed by atoms with van der Waals surface area (Å²) < 4.78 is 0. The zero-order valence-electron chi connectivity index (χ0n) is 7.65. The van der Waals surface area contributed by atoms with Crippen LogP contribution in [0, 0.1) is 12.8 Å². The Balaban J connectivity index is 2.88. The van der Waals surface area contributed by atoms with Gasteiger partial charge in [0, 0.05) is 6.20 Å². The van der Waals surface area contributed by atoms with Crippen LogP contribution in [-0.4, -0.2) is 15.1 Å². The van der Waals surface area contributed by atoms with Crippen LogP contribution in [0.2, 0.25) is 0 Å². The molecule has 0 aliphatic heterocycles. The molecule has 0 aliphatic carbocycles. The lowest BCUT2D eigenvalue weighted by molar-refractivity contribution is 0.122. The van der Waals surface area contributed by atoms with Crippen LogP contribution in [0.1, 0.15) is 31.5 Å². The van der Waals surface area contributed by atoms with Crippen molar-refractivity contribution < 1.29 is 5.11 Å². The average Bonchev–Trinajstić information content (AvgIpc) is 2.03. The second-order valence-corrected chi connectivity index (χ2v) is 3.22. The van der Waals surface area contributed by atoms with Gasteiger partial charge in [-0.25, -0.2) is 9.97 Å². The van der Waals surface area contributed by atoms with Crippen LogP contribution >= 0.6 is 0 Å². The normalized spacial score (nSPS) is 13.4. The molecule has 0 aromatic carbocycles. The summed E-state index contributed by atoms with van der Waals surface area (Å²) in [5.74, 6) is 0.895. The van der Waals surface area contributed by atoms with Gasteiger partial charge in [0.2, 0.25) is 0 Å². The molecule has 0 saturated heterocycles. The van der Waals surface area contributed by atoms with E-state index in [1.54, 1.807) is 12.3 Å². The molecule has 66 valence electrons. The maximum atomic E-state index is 9.63. The van der Waals surface area contributed by atoms with Crippen LogP contribution in [0.3, 0.4) is 0 Å². The van der Waals surface area contributed by atoms with Crippen molar-refractivity contribution >= 4 is 0 Å². The molecule has 0 saturated carbocycles. The van der Waals surface area contributed by atoms with Crippen LogP contribution in [0.25, 0.3) is 0 Å². The maximum Gasteiger partial charge on any atom is 0.125 e. The summed E-state index contributed by atoms with van der Waals surface area (Å²) >= 11 is 0. The molecule has 1 aromatic rings. The second-order valence-electron chi connectivity index (χ2n) is 3.22. The van der Waals surface area contributed by atoms with E-state index in [0.29, 0.717) is 11.5 Å². The van der Waals surface area contributed by atoms with E-state index in [9.17, 15) is 5.11 Å². The van der Waals surface area contributed by atoms with Gasteiger partial charge in [-0.3, -0.25) is 0 Å². The Morgan fingerprint density at radius 3 is 2.58 bits per heavy atom. The van der Waals surface area contributed by atoms with Crippen LogP contribution in [0.4, 0.5) is 0 Å². The van der Waals surface area contributed by atoms with Crippen molar-refractivity contribution in [3.8, 4) is 0 Å². The molecule has 3 nitrogen and oxygen atoms in total. The highest BCUT2D eigenvalue weighted by Crippen LogP contribution is 2.18. The molecule has 1 unspecified atom stereocenters. The van der Waals surface area contributed by atoms with Gasteiger partial charge in [0.15, 0.2) is 0 Å². The number of nitrogens with zero attached hydrogens (tertiary/aromatic N) is 2. The number of aryl methyl sites for hydroxylation is 1. The molecule has 0 amide bonds. The Morgan fingerprint density at radius 2 is 2.08 bits per heavy atom. The first kappa shape index (κ1) is 9.13. The summed E-state index contributed by atoms with van der Waals surface area (Å²) in [7, 11) is 0. The fraction of sp³-hybridized carbons (Fsp3) is 0.556. The van der Waals surface area contributed by atoms with E-state index in [4.69, 9.17) is 0 Å². The lowest BCUT2D eigenvalue weighted by Crippen LogP contribution is -2.08. The van der Waals surface area contributed by atoms with E-state index in [0.717, 1.165) is 0 Å². The summed E-state index contributed by atoms with van der Waals surface area (Å²) in [6.45, 7) is 5.74. The Labute approximate surface area is 72.5 Å². The average molecular weight is 166 g/mol. The number of aromatic nitrogens is 2. The third-order valence-corrected chi connectivity index (χ3v) is 1.73. The van der Waals surface area contributed by atoms with Gasteiger partial charge in [0.1, 0.15) is 5.82 Å². The summed E-state index contributed by atoms with van der Waals surface area (Å²) in [4.78, 5) is 8.09.